The number of halogens is 2. The Morgan fingerprint density at radius 2 is 2.31 bits per heavy atom. The molecule has 13 heavy (non-hydrogen) atoms. The Labute approximate surface area is 90.6 Å². The van der Waals surface area contributed by atoms with E-state index in [9.17, 15) is 0 Å². The van der Waals surface area contributed by atoms with Crippen LogP contribution in [0.25, 0.3) is 0 Å². The van der Waals surface area contributed by atoms with Gasteiger partial charge in [-0.1, -0.05) is 23.6 Å². The van der Waals surface area contributed by atoms with Crippen molar-refractivity contribution in [2.45, 2.75) is 6.04 Å². The van der Waals surface area contributed by atoms with Crippen molar-refractivity contribution < 1.29 is 0 Å². The highest BCUT2D eigenvalue weighted by Crippen LogP contribution is 2.25. The van der Waals surface area contributed by atoms with Gasteiger partial charge in [0, 0.05) is 4.47 Å². The van der Waals surface area contributed by atoms with Crippen molar-refractivity contribution in [1.29, 1.82) is 0 Å². The van der Waals surface area contributed by atoms with E-state index >= 15 is 0 Å². The van der Waals surface area contributed by atoms with E-state index in [1.807, 2.05) is 12.1 Å². The first-order valence-electron chi connectivity index (χ1n) is 3.56. The number of rotatable bonds is 2. The first-order valence-corrected chi connectivity index (χ1v) is 4.73. The highest BCUT2D eigenvalue weighted by Gasteiger charge is 2.06. The van der Waals surface area contributed by atoms with Crippen LogP contribution in [0.15, 0.2) is 22.7 Å². The zero-order valence-corrected chi connectivity index (χ0v) is 9.06. The van der Waals surface area contributed by atoms with Gasteiger partial charge in [-0.05, 0) is 33.6 Å². The third-order valence-corrected chi connectivity index (χ3v) is 2.84. The Morgan fingerprint density at radius 3 is 2.77 bits per heavy atom. The molecule has 0 aliphatic heterocycles. The molecule has 68 valence electrons. The molecule has 0 saturated heterocycles. The topological polar surface area (TPSA) is 38.0 Å². The minimum Gasteiger partial charge on any atom is -0.270 e. The zero-order chi connectivity index (χ0) is 9.84. The molecule has 0 saturated carbocycles. The van der Waals surface area contributed by atoms with Gasteiger partial charge >= 0.3 is 0 Å². The van der Waals surface area contributed by atoms with E-state index in [0.717, 1.165) is 10.0 Å². The van der Waals surface area contributed by atoms with Crippen LogP contribution in [0, 0.1) is 12.3 Å². The summed E-state index contributed by atoms with van der Waals surface area (Å²) in [6, 6.07) is 5.17. The number of hydrogen-bond acceptors (Lipinski definition) is 2. The van der Waals surface area contributed by atoms with Gasteiger partial charge in [0.2, 0.25) is 0 Å². The molecule has 2 nitrogen and oxygen atoms in total. The van der Waals surface area contributed by atoms with Crippen LogP contribution in [0.4, 0.5) is 0 Å². The molecule has 0 radical (unpaired) electrons. The molecule has 0 heterocycles. The standard InChI is InChI=1S/C9H8BrClN2/c1-2-9(13-12)6-3-4-7(10)8(11)5-6/h1,3-5,9,13H,12H2. The van der Waals surface area contributed by atoms with Gasteiger partial charge in [0.15, 0.2) is 0 Å². The Morgan fingerprint density at radius 1 is 1.62 bits per heavy atom. The number of terminal acetylenes is 1. The molecule has 0 spiro atoms. The molecular weight excluding hydrogens is 251 g/mol. The monoisotopic (exact) mass is 258 g/mol. The smallest absolute Gasteiger partial charge is 0.107 e. The van der Waals surface area contributed by atoms with Crippen LogP contribution in [-0.2, 0) is 0 Å². The number of hydrogen-bond donors (Lipinski definition) is 2. The minimum absolute atomic E-state index is 0.300. The Hall–Kier alpha value is -0.530. The summed E-state index contributed by atoms with van der Waals surface area (Å²) >= 11 is 9.17. The van der Waals surface area contributed by atoms with Gasteiger partial charge in [0.05, 0.1) is 5.02 Å². The second kappa shape index (κ2) is 4.64. The van der Waals surface area contributed by atoms with E-state index in [4.69, 9.17) is 23.9 Å². The predicted octanol–water partition coefficient (Wildman–Crippen LogP) is 2.24. The summed E-state index contributed by atoms with van der Waals surface area (Å²) in [5, 5.41) is 0.619. The Balaban J connectivity index is 3.04. The molecule has 0 fully saturated rings. The van der Waals surface area contributed by atoms with Gasteiger partial charge in [-0.15, -0.1) is 6.42 Å². The highest BCUT2D eigenvalue weighted by atomic mass is 79.9. The maximum atomic E-state index is 5.89. The SMILES string of the molecule is C#CC(NN)c1ccc(Br)c(Cl)c1. The van der Waals surface area contributed by atoms with Crippen LogP contribution in [0.2, 0.25) is 5.02 Å². The van der Waals surface area contributed by atoms with Crippen molar-refractivity contribution in [2.24, 2.45) is 5.84 Å². The fraction of sp³-hybridized carbons (Fsp3) is 0.111. The molecule has 1 unspecified atom stereocenters. The molecule has 4 heteroatoms. The first kappa shape index (κ1) is 10.6. The van der Waals surface area contributed by atoms with E-state index in [1.165, 1.54) is 0 Å². The summed E-state index contributed by atoms with van der Waals surface area (Å²) in [5.41, 5.74) is 3.38. The average Bonchev–Trinajstić information content (AvgIpc) is 2.13. The Bertz CT molecular complexity index is 346. The fourth-order valence-corrected chi connectivity index (χ4v) is 1.37. The molecule has 1 rings (SSSR count). The minimum atomic E-state index is -0.300. The van der Waals surface area contributed by atoms with E-state index in [0.29, 0.717) is 5.02 Å². The number of hydrazine groups is 1. The largest absolute Gasteiger partial charge is 0.270 e. The number of benzene rings is 1. The Kier molecular flexibility index (Phi) is 3.76. The van der Waals surface area contributed by atoms with Crippen molar-refractivity contribution in [3.8, 4) is 12.3 Å². The van der Waals surface area contributed by atoms with Crippen molar-refractivity contribution in [3.63, 3.8) is 0 Å². The van der Waals surface area contributed by atoms with Crippen LogP contribution in [0.3, 0.4) is 0 Å². The maximum absolute atomic E-state index is 5.89. The summed E-state index contributed by atoms with van der Waals surface area (Å²) in [6.07, 6.45) is 5.26. The van der Waals surface area contributed by atoms with Crippen LogP contribution < -0.4 is 11.3 Å². The summed E-state index contributed by atoms with van der Waals surface area (Å²) in [4.78, 5) is 0. The summed E-state index contributed by atoms with van der Waals surface area (Å²) in [6.45, 7) is 0. The lowest BCUT2D eigenvalue weighted by Gasteiger charge is -2.09. The molecular formula is C9H8BrClN2. The lowest BCUT2D eigenvalue weighted by atomic mass is 10.1. The van der Waals surface area contributed by atoms with Gasteiger partial charge in [0.1, 0.15) is 6.04 Å². The van der Waals surface area contributed by atoms with Gasteiger partial charge in [-0.3, -0.25) is 5.84 Å². The van der Waals surface area contributed by atoms with E-state index in [2.05, 4.69) is 27.3 Å². The third kappa shape index (κ3) is 2.45. The summed E-state index contributed by atoms with van der Waals surface area (Å²) < 4.78 is 0.839. The van der Waals surface area contributed by atoms with Gasteiger partial charge in [0.25, 0.3) is 0 Å². The van der Waals surface area contributed by atoms with Gasteiger partial charge < -0.3 is 0 Å². The lowest BCUT2D eigenvalue weighted by molar-refractivity contribution is 0.673. The quantitative estimate of drug-likeness (QED) is 0.486. The van der Waals surface area contributed by atoms with Crippen molar-refractivity contribution in [1.82, 2.24) is 5.43 Å². The van der Waals surface area contributed by atoms with Crippen LogP contribution in [-0.4, -0.2) is 0 Å². The molecule has 3 N–H and O–H groups in total. The van der Waals surface area contributed by atoms with Gasteiger partial charge in [-0.25, -0.2) is 5.43 Å². The van der Waals surface area contributed by atoms with Gasteiger partial charge in [-0.2, -0.15) is 0 Å². The molecule has 1 aromatic carbocycles. The fourth-order valence-electron chi connectivity index (χ4n) is 0.933. The number of nitrogens with two attached hydrogens (primary N) is 1. The second-order valence-electron chi connectivity index (χ2n) is 2.44. The van der Waals surface area contributed by atoms with Crippen molar-refractivity contribution >= 4 is 27.5 Å². The molecule has 0 aromatic heterocycles. The molecule has 0 amide bonds. The van der Waals surface area contributed by atoms with E-state index in [-0.39, 0.29) is 6.04 Å². The van der Waals surface area contributed by atoms with Crippen LogP contribution in [0.1, 0.15) is 11.6 Å². The lowest BCUT2D eigenvalue weighted by Crippen LogP contribution is -2.26. The van der Waals surface area contributed by atoms with E-state index < -0.39 is 0 Å². The maximum Gasteiger partial charge on any atom is 0.107 e. The average molecular weight is 260 g/mol. The number of nitrogens with one attached hydrogen (secondary N) is 1. The highest BCUT2D eigenvalue weighted by molar-refractivity contribution is 9.10. The van der Waals surface area contributed by atoms with E-state index in [1.54, 1.807) is 6.07 Å². The molecule has 1 atom stereocenters. The molecule has 0 aliphatic rings. The molecule has 0 aliphatic carbocycles. The van der Waals surface area contributed by atoms with Crippen molar-refractivity contribution in [3.05, 3.63) is 33.3 Å². The van der Waals surface area contributed by atoms with Crippen molar-refractivity contribution in [2.75, 3.05) is 0 Å². The predicted molar refractivity (Wildman–Crippen MR) is 58.0 cm³/mol. The first-order chi connectivity index (χ1) is 6.19. The zero-order valence-electron chi connectivity index (χ0n) is 6.72. The summed E-state index contributed by atoms with van der Waals surface area (Å²) in [7, 11) is 0. The summed E-state index contributed by atoms with van der Waals surface area (Å²) in [5.74, 6) is 7.76. The normalized spacial score (nSPS) is 12.2. The third-order valence-electron chi connectivity index (χ3n) is 1.61. The van der Waals surface area contributed by atoms with Crippen LogP contribution >= 0.6 is 27.5 Å². The second-order valence-corrected chi connectivity index (χ2v) is 3.70. The van der Waals surface area contributed by atoms with Crippen LogP contribution in [0.5, 0.6) is 0 Å². The molecule has 0 bridgehead atoms. The molecule has 1 aromatic rings.